The Morgan fingerprint density at radius 3 is 2.23 bits per heavy atom. The molecule has 0 radical (unpaired) electrons. The molecule has 122 valence electrons. The van der Waals surface area contributed by atoms with Crippen LogP contribution in [0.3, 0.4) is 0 Å². The number of aliphatic carboxylic acids is 1. The summed E-state index contributed by atoms with van der Waals surface area (Å²) in [5.41, 5.74) is 0. The number of hydrogen-bond donors (Lipinski definition) is 1. The topological polar surface area (TPSA) is 60.4 Å². The number of hydrogen-bond acceptors (Lipinski definition) is 2. The molecule has 0 aliphatic carbocycles. The van der Waals surface area contributed by atoms with E-state index in [4.69, 9.17) is 5.11 Å². The standard InChI is InChI=1S/C18H32O3.Na/c1-2-3-4-5-6-8-11-14-17(19)15-12-9-7-10-13-16-18(20)21;/h6,8,14,19H,2-5,7,9-13,15-16H2,1H3,(H,20,21);/q;+1/p-1/b8-6-,17-14+;. The molecule has 0 aliphatic heterocycles. The van der Waals surface area contributed by atoms with E-state index >= 15 is 0 Å². The van der Waals surface area contributed by atoms with Gasteiger partial charge in [0.1, 0.15) is 0 Å². The summed E-state index contributed by atoms with van der Waals surface area (Å²) >= 11 is 0. The van der Waals surface area contributed by atoms with Gasteiger partial charge in [0.2, 0.25) is 0 Å². The third-order valence-corrected chi connectivity index (χ3v) is 3.44. The van der Waals surface area contributed by atoms with E-state index in [1.165, 1.54) is 19.3 Å². The molecule has 22 heavy (non-hydrogen) atoms. The maximum atomic E-state index is 11.6. The first kappa shape index (κ1) is 24.0. The maximum Gasteiger partial charge on any atom is 1.00 e. The molecule has 0 unspecified atom stereocenters. The van der Waals surface area contributed by atoms with Crippen molar-refractivity contribution in [1.82, 2.24) is 0 Å². The average Bonchev–Trinajstić information content (AvgIpc) is 2.45. The van der Waals surface area contributed by atoms with Crippen molar-refractivity contribution in [3.8, 4) is 0 Å². The monoisotopic (exact) mass is 318 g/mol. The van der Waals surface area contributed by atoms with Gasteiger partial charge in [-0.15, -0.1) is 5.76 Å². The molecule has 0 bridgehead atoms. The molecular weight excluding hydrogens is 287 g/mol. The normalized spacial score (nSPS) is 11.6. The minimum atomic E-state index is -0.720. The number of carboxylic acids is 1. The number of carboxylic acid groups (broad SMARTS) is 1. The van der Waals surface area contributed by atoms with Gasteiger partial charge in [0.25, 0.3) is 0 Å². The fraction of sp³-hybridized carbons (Fsp3) is 0.722. The molecule has 0 spiro atoms. The van der Waals surface area contributed by atoms with Crippen LogP contribution in [-0.2, 0) is 4.79 Å². The van der Waals surface area contributed by atoms with Gasteiger partial charge in [-0.3, -0.25) is 4.79 Å². The quantitative estimate of drug-likeness (QED) is 0.229. The maximum absolute atomic E-state index is 11.6. The second kappa shape index (κ2) is 18.8. The van der Waals surface area contributed by atoms with Gasteiger partial charge in [0.15, 0.2) is 0 Å². The van der Waals surface area contributed by atoms with Crippen LogP contribution in [-0.4, -0.2) is 11.1 Å². The van der Waals surface area contributed by atoms with Crippen LogP contribution in [0.15, 0.2) is 24.0 Å². The first-order valence-corrected chi connectivity index (χ1v) is 8.39. The summed E-state index contributed by atoms with van der Waals surface area (Å²) < 4.78 is 0. The van der Waals surface area contributed by atoms with Crippen LogP contribution in [0.1, 0.15) is 84.0 Å². The predicted octanol–water partition coefficient (Wildman–Crippen LogP) is 1.58. The van der Waals surface area contributed by atoms with Crippen LogP contribution in [0.4, 0.5) is 0 Å². The predicted molar refractivity (Wildman–Crippen MR) is 85.9 cm³/mol. The fourth-order valence-electron chi connectivity index (χ4n) is 2.13. The largest absolute Gasteiger partial charge is 1.00 e. The van der Waals surface area contributed by atoms with Gasteiger partial charge in [-0.2, -0.15) is 0 Å². The van der Waals surface area contributed by atoms with Gasteiger partial charge in [-0.25, -0.2) is 0 Å². The Hall–Kier alpha value is -0.250. The van der Waals surface area contributed by atoms with Gasteiger partial charge in [-0.1, -0.05) is 63.7 Å². The zero-order valence-corrected chi connectivity index (χ0v) is 16.5. The first-order chi connectivity index (χ1) is 10.2. The molecule has 0 saturated carbocycles. The van der Waals surface area contributed by atoms with Crippen LogP contribution >= 0.6 is 0 Å². The SMILES string of the molecule is CCCCC/C=C\C/C=C(/[O-])CCCCCCCC(=O)O.[Na+]. The Bertz CT molecular complexity index is 311. The van der Waals surface area contributed by atoms with Crippen molar-refractivity contribution in [2.75, 3.05) is 0 Å². The van der Waals surface area contributed by atoms with E-state index in [0.717, 1.165) is 44.9 Å². The van der Waals surface area contributed by atoms with E-state index in [9.17, 15) is 9.90 Å². The minimum absolute atomic E-state index is 0. The van der Waals surface area contributed by atoms with E-state index < -0.39 is 5.97 Å². The zero-order valence-electron chi connectivity index (χ0n) is 14.5. The van der Waals surface area contributed by atoms with Gasteiger partial charge in [0.05, 0.1) is 0 Å². The van der Waals surface area contributed by atoms with E-state index in [1.54, 1.807) is 6.08 Å². The molecule has 0 atom stereocenters. The van der Waals surface area contributed by atoms with Crippen LogP contribution in [0.5, 0.6) is 0 Å². The molecule has 0 aromatic heterocycles. The van der Waals surface area contributed by atoms with E-state index in [2.05, 4.69) is 19.1 Å². The zero-order chi connectivity index (χ0) is 15.8. The molecule has 0 aromatic carbocycles. The van der Waals surface area contributed by atoms with Crippen molar-refractivity contribution < 1.29 is 44.6 Å². The van der Waals surface area contributed by atoms with Crippen molar-refractivity contribution in [3.05, 3.63) is 24.0 Å². The van der Waals surface area contributed by atoms with Crippen LogP contribution in [0.2, 0.25) is 0 Å². The number of unbranched alkanes of at least 4 members (excludes halogenated alkanes) is 7. The van der Waals surface area contributed by atoms with Crippen molar-refractivity contribution in [2.24, 2.45) is 0 Å². The van der Waals surface area contributed by atoms with Gasteiger partial charge < -0.3 is 10.2 Å². The Labute approximate surface area is 158 Å². The Balaban J connectivity index is 0. The summed E-state index contributed by atoms with van der Waals surface area (Å²) in [6, 6.07) is 0. The molecule has 0 aliphatic rings. The summed E-state index contributed by atoms with van der Waals surface area (Å²) in [6.07, 6.45) is 17.2. The van der Waals surface area contributed by atoms with E-state index in [0.29, 0.717) is 6.42 Å². The molecule has 0 heterocycles. The third-order valence-electron chi connectivity index (χ3n) is 3.44. The summed E-state index contributed by atoms with van der Waals surface area (Å²) in [6.45, 7) is 2.20. The number of rotatable bonds is 14. The van der Waals surface area contributed by atoms with Crippen molar-refractivity contribution >= 4 is 5.97 Å². The Morgan fingerprint density at radius 1 is 0.955 bits per heavy atom. The molecule has 0 fully saturated rings. The summed E-state index contributed by atoms with van der Waals surface area (Å²) in [5.74, 6) is -0.485. The smallest absolute Gasteiger partial charge is 0.876 e. The van der Waals surface area contributed by atoms with Crippen molar-refractivity contribution in [3.63, 3.8) is 0 Å². The molecule has 0 saturated heterocycles. The molecule has 0 rings (SSSR count). The van der Waals surface area contributed by atoms with Crippen LogP contribution in [0.25, 0.3) is 0 Å². The fourth-order valence-corrected chi connectivity index (χ4v) is 2.13. The molecule has 4 heteroatoms. The van der Waals surface area contributed by atoms with Crippen molar-refractivity contribution in [1.29, 1.82) is 0 Å². The van der Waals surface area contributed by atoms with Gasteiger partial charge >= 0.3 is 35.5 Å². The minimum Gasteiger partial charge on any atom is -0.876 e. The second-order valence-corrected chi connectivity index (χ2v) is 5.53. The molecule has 0 aromatic rings. The van der Waals surface area contributed by atoms with Gasteiger partial charge in [0, 0.05) is 6.42 Å². The van der Waals surface area contributed by atoms with Crippen molar-refractivity contribution in [2.45, 2.75) is 84.0 Å². The molecule has 3 nitrogen and oxygen atoms in total. The Kier molecular flexibility index (Phi) is 20.5. The summed E-state index contributed by atoms with van der Waals surface area (Å²) in [5, 5.41) is 20.1. The second-order valence-electron chi connectivity index (χ2n) is 5.53. The summed E-state index contributed by atoms with van der Waals surface area (Å²) in [4.78, 5) is 10.3. The number of carbonyl (C=O) groups is 1. The number of allylic oxidation sites excluding steroid dienone is 4. The summed E-state index contributed by atoms with van der Waals surface area (Å²) in [7, 11) is 0. The molecule has 1 N–H and O–H groups in total. The van der Waals surface area contributed by atoms with Gasteiger partial charge in [-0.05, 0) is 32.1 Å². The van der Waals surface area contributed by atoms with E-state index in [-0.39, 0.29) is 41.7 Å². The average molecular weight is 318 g/mol. The first-order valence-electron chi connectivity index (χ1n) is 8.39. The van der Waals surface area contributed by atoms with Crippen LogP contribution in [0, 0.1) is 0 Å². The Morgan fingerprint density at radius 2 is 1.59 bits per heavy atom. The van der Waals surface area contributed by atoms with Crippen LogP contribution < -0.4 is 34.7 Å². The van der Waals surface area contributed by atoms with E-state index in [1.807, 2.05) is 0 Å². The third kappa shape index (κ3) is 19.8. The molecular formula is C18H31NaO3. The molecule has 0 amide bonds.